The number of rotatable bonds is 11. The lowest BCUT2D eigenvalue weighted by molar-refractivity contribution is -0.112. The van der Waals surface area contributed by atoms with Crippen LogP contribution in [-0.2, 0) is 9.59 Å². The van der Waals surface area contributed by atoms with Crippen molar-refractivity contribution in [3.05, 3.63) is 0 Å². The van der Waals surface area contributed by atoms with Gasteiger partial charge in [-0.15, -0.1) is 0 Å². The zero-order valence-electron chi connectivity index (χ0n) is 10.7. The van der Waals surface area contributed by atoms with Crippen LogP contribution in [0.3, 0.4) is 0 Å². The summed E-state index contributed by atoms with van der Waals surface area (Å²) in [6.07, 6.45) is 9.89. The van der Waals surface area contributed by atoms with Gasteiger partial charge in [-0.05, 0) is 24.4 Å². The van der Waals surface area contributed by atoms with E-state index in [1.54, 1.807) is 6.92 Å². The van der Waals surface area contributed by atoms with E-state index in [1.165, 1.54) is 43.9 Å². The van der Waals surface area contributed by atoms with Crippen molar-refractivity contribution in [2.45, 2.75) is 64.7 Å². The van der Waals surface area contributed by atoms with E-state index in [0.717, 1.165) is 25.0 Å². The molecule has 0 fully saturated rings. The number of hydrogen-bond donors (Lipinski definition) is 0. The Bertz CT molecular complexity index is 197. The molecule has 0 N–H and O–H groups in total. The Labute approximate surface area is 114 Å². The molecular weight excluding hydrogens is 256 g/mol. The summed E-state index contributed by atoms with van der Waals surface area (Å²) in [6, 6.07) is 0. The summed E-state index contributed by atoms with van der Waals surface area (Å²) in [5.74, 6) is 0.965. The van der Waals surface area contributed by atoms with Crippen LogP contribution in [0.4, 0.5) is 0 Å². The van der Waals surface area contributed by atoms with Crippen LogP contribution in [0.1, 0.15) is 64.7 Å². The fourth-order valence-corrected chi connectivity index (χ4v) is 2.41. The second-order valence-electron chi connectivity index (χ2n) is 4.27. The molecule has 4 heteroatoms. The van der Waals surface area contributed by atoms with Crippen LogP contribution in [0.15, 0.2) is 0 Å². The van der Waals surface area contributed by atoms with Crippen LogP contribution in [0.2, 0.25) is 0 Å². The molecule has 0 aliphatic heterocycles. The number of unbranched alkanes of at least 4 members (excludes halogenated alkanes) is 7. The lowest BCUT2D eigenvalue weighted by atomic mass is 10.1. The van der Waals surface area contributed by atoms with E-state index in [0.29, 0.717) is 6.42 Å². The van der Waals surface area contributed by atoms with Crippen molar-refractivity contribution in [2.24, 2.45) is 0 Å². The zero-order valence-corrected chi connectivity index (χ0v) is 12.2. The third-order valence-corrected chi connectivity index (χ3v) is 3.66. The Balaban J connectivity index is 2.98. The molecule has 17 heavy (non-hydrogen) atoms. The predicted molar refractivity (Wildman–Crippen MR) is 75.6 cm³/mol. The van der Waals surface area contributed by atoms with E-state index in [-0.39, 0.29) is 10.4 Å². The van der Waals surface area contributed by atoms with E-state index in [9.17, 15) is 9.59 Å². The van der Waals surface area contributed by atoms with Gasteiger partial charge in [0.05, 0.1) is 0 Å². The first-order valence-electron chi connectivity index (χ1n) is 6.44. The van der Waals surface area contributed by atoms with Crippen molar-refractivity contribution in [2.75, 3.05) is 5.75 Å². The normalized spacial score (nSPS) is 10.5. The maximum Gasteiger partial charge on any atom is 0.221 e. The van der Waals surface area contributed by atoms with Crippen molar-refractivity contribution < 1.29 is 9.59 Å². The fraction of sp³-hybridized carbons (Fsp3) is 0.846. The molecule has 0 aliphatic rings. The van der Waals surface area contributed by atoms with E-state index < -0.39 is 0 Å². The monoisotopic (exact) mass is 278 g/mol. The molecule has 0 bridgehead atoms. The predicted octanol–water partition coefficient (Wildman–Crippen LogP) is 4.54. The topological polar surface area (TPSA) is 34.1 Å². The molecule has 0 spiro atoms. The number of carbonyl (C=O) groups is 2. The maximum absolute atomic E-state index is 10.7. The highest BCUT2D eigenvalue weighted by Crippen LogP contribution is 2.12. The van der Waals surface area contributed by atoms with Crippen molar-refractivity contribution in [1.82, 2.24) is 0 Å². The minimum absolute atomic E-state index is 0.215. The highest BCUT2D eigenvalue weighted by Gasteiger charge is 1.97. The molecule has 0 amide bonds. The molecule has 0 atom stereocenters. The third kappa shape index (κ3) is 16.0. The first-order chi connectivity index (χ1) is 8.13. The summed E-state index contributed by atoms with van der Waals surface area (Å²) in [5.41, 5.74) is 0. The van der Waals surface area contributed by atoms with E-state index >= 15 is 0 Å². The van der Waals surface area contributed by atoms with E-state index in [1.807, 2.05) is 0 Å². The first kappa shape index (κ1) is 17.0. The molecule has 0 rings (SSSR count). The van der Waals surface area contributed by atoms with Gasteiger partial charge in [0.25, 0.3) is 0 Å². The Morgan fingerprint density at radius 3 is 1.82 bits per heavy atom. The van der Waals surface area contributed by atoms with Gasteiger partial charge in [0.15, 0.2) is 5.12 Å². The fourth-order valence-electron chi connectivity index (χ4n) is 1.64. The highest BCUT2D eigenvalue weighted by atomic mass is 35.5. The molecule has 0 saturated heterocycles. The summed E-state index contributed by atoms with van der Waals surface area (Å²) >= 11 is 6.67. The smallest absolute Gasteiger partial charge is 0.221 e. The summed E-state index contributed by atoms with van der Waals surface area (Å²) in [6.45, 7) is 1.62. The average Bonchev–Trinajstić information content (AvgIpc) is 2.25. The van der Waals surface area contributed by atoms with Gasteiger partial charge in [0, 0.05) is 19.1 Å². The lowest BCUT2D eigenvalue weighted by Crippen LogP contribution is -1.88. The van der Waals surface area contributed by atoms with Crippen LogP contribution < -0.4 is 0 Å². The van der Waals surface area contributed by atoms with Crippen molar-refractivity contribution >= 4 is 33.7 Å². The summed E-state index contributed by atoms with van der Waals surface area (Å²) in [7, 11) is 0. The average molecular weight is 279 g/mol. The van der Waals surface area contributed by atoms with Crippen LogP contribution >= 0.6 is 23.4 Å². The zero-order chi connectivity index (χ0) is 12.9. The second-order valence-corrected chi connectivity index (χ2v) is 5.97. The molecule has 0 unspecified atom stereocenters. The third-order valence-electron chi connectivity index (χ3n) is 2.57. The molecular formula is C13H23ClO2S. The Morgan fingerprint density at radius 2 is 1.35 bits per heavy atom. The molecule has 0 aromatic heterocycles. The van der Waals surface area contributed by atoms with Crippen LogP contribution in [0, 0.1) is 0 Å². The molecule has 0 aliphatic carbocycles. The Kier molecular flexibility index (Phi) is 12.4. The molecule has 0 aromatic rings. The van der Waals surface area contributed by atoms with Crippen molar-refractivity contribution in [3.8, 4) is 0 Å². The van der Waals surface area contributed by atoms with Crippen LogP contribution in [0.5, 0.6) is 0 Å². The Hall–Kier alpha value is -0.0200. The van der Waals surface area contributed by atoms with Gasteiger partial charge in [0.2, 0.25) is 5.24 Å². The largest absolute Gasteiger partial charge is 0.288 e. The van der Waals surface area contributed by atoms with Gasteiger partial charge < -0.3 is 0 Å². The van der Waals surface area contributed by atoms with Crippen molar-refractivity contribution in [3.63, 3.8) is 0 Å². The van der Waals surface area contributed by atoms with Gasteiger partial charge in [-0.1, -0.05) is 50.3 Å². The maximum atomic E-state index is 10.7. The molecule has 0 aromatic carbocycles. The quantitative estimate of drug-likeness (QED) is 0.411. The van der Waals surface area contributed by atoms with Gasteiger partial charge in [0.1, 0.15) is 0 Å². The number of carbonyl (C=O) groups excluding carboxylic acids is 2. The molecule has 0 heterocycles. The van der Waals surface area contributed by atoms with Crippen LogP contribution in [0.25, 0.3) is 0 Å². The summed E-state index contributed by atoms with van der Waals surface area (Å²) in [5, 5.41) is 0.00631. The molecule has 0 saturated carbocycles. The summed E-state index contributed by atoms with van der Waals surface area (Å²) < 4.78 is 0. The Morgan fingerprint density at radius 1 is 0.882 bits per heavy atom. The molecule has 2 nitrogen and oxygen atoms in total. The summed E-state index contributed by atoms with van der Waals surface area (Å²) in [4.78, 5) is 21.1. The van der Waals surface area contributed by atoms with Gasteiger partial charge in [-0.2, -0.15) is 0 Å². The first-order valence-corrected chi connectivity index (χ1v) is 7.81. The van der Waals surface area contributed by atoms with Gasteiger partial charge in [-0.3, -0.25) is 9.59 Å². The number of hydrogen-bond acceptors (Lipinski definition) is 3. The standard InChI is InChI=1S/C13H23ClO2S/c1-12(15)17-11-9-7-5-3-2-4-6-8-10-13(14)16/h2-11H2,1H3. The van der Waals surface area contributed by atoms with E-state index in [2.05, 4.69) is 0 Å². The highest BCUT2D eigenvalue weighted by molar-refractivity contribution is 8.13. The van der Waals surface area contributed by atoms with Gasteiger partial charge >= 0.3 is 0 Å². The second kappa shape index (κ2) is 12.4. The lowest BCUT2D eigenvalue weighted by Gasteiger charge is -2.01. The van der Waals surface area contributed by atoms with E-state index in [4.69, 9.17) is 11.6 Å². The van der Waals surface area contributed by atoms with Crippen molar-refractivity contribution in [1.29, 1.82) is 0 Å². The SMILES string of the molecule is CC(=O)SCCCCCCCCCCC(=O)Cl. The number of thioether (sulfide) groups is 1. The van der Waals surface area contributed by atoms with Crippen LogP contribution in [-0.4, -0.2) is 16.1 Å². The minimum atomic E-state index is -0.215. The molecule has 100 valence electrons. The van der Waals surface area contributed by atoms with Gasteiger partial charge in [-0.25, -0.2) is 0 Å². The number of halogens is 1. The molecule has 0 radical (unpaired) electrons. The minimum Gasteiger partial charge on any atom is -0.288 e.